The number of aliphatic hydroxyl groups is 1. The Balaban J connectivity index is 2.13. The first-order valence-electron chi connectivity index (χ1n) is 5.46. The summed E-state index contributed by atoms with van der Waals surface area (Å²) in [5, 5.41) is 12.2. The molecule has 19 heavy (non-hydrogen) atoms. The van der Waals surface area contributed by atoms with E-state index in [4.69, 9.17) is 0 Å². The molecular formula is C12H11F3N2OS. The third kappa shape index (κ3) is 3.45. The van der Waals surface area contributed by atoms with Crippen LogP contribution in [0.4, 0.5) is 18.3 Å². The van der Waals surface area contributed by atoms with Gasteiger partial charge in [0.1, 0.15) is 4.88 Å². The molecule has 0 saturated heterocycles. The lowest BCUT2D eigenvalue weighted by Gasteiger charge is -2.15. The van der Waals surface area contributed by atoms with Gasteiger partial charge in [0.15, 0.2) is 5.13 Å². The Morgan fingerprint density at radius 2 is 1.95 bits per heavy atom. The molecule has 1 unspecified atom stereocenters. The lowest BCUT2D eigenvalue weighted by Crippen LogP contribution is -2.14. The van der Waals surface area contributed by atoms with Crippen LogP contribution in [0.1, 0.15) is 16.5 Å². The first kappa shape index (κ1) is 13.8. The Kier molecular flexibility index (Phi) is 4.06. The van der Waals surface area contributed by atoms with Gasteiger partial charge in [-0.05, 0) is 5.56 Å². The van der Waals surface area contributed by atoms with Crippen LogP contribution in [0.3, 0.4) is 0 Å². The van der Waals surface area contributed by atoms with Crippen LogP contribution in [0.5, 0.6) is 0 Å². The normalized spacial score (nSPS) is 13.3. The molecule has 0 bridgehead atoms. The van der Waals surface area contributed by atoms with Crippen LogP contribution in [0, 0.1) is 0 Å². The zero-order valence-electron chi connectivity index (χ0n) is 9.69. The van der Waals surface area contributed by atoms with Gasteiger partial charge in [0.2, 0.25) is 0 Å². The number of hydrogen-bond acceptors (Lipinski definition) is 4. The quantitative estimate of drug-likeness (QED) is 0.907. The highest BCUT2D eigenvalue weighted by molar-refractivity contribution is 7.15. The molecule has 2 aromatic rings. The van der Waals surface area contributed by atoms with Crippen LogP contribution in [0.15, 0.2) is 36.5 Å². The number of aliphatic hydroxyl groups excluding tert-OH is 1. The van der Waals surface area contributed by atoms with Gasteiger partial charge in [-0.2, -0.15) is 13.2 Å². The number of aromatic nitrogens is 1. The maximum Gasteiger partial charge on any atom is 0.427 e. The molecule has 2 rings (SSSR count). The largest absolute Gasteiger partial charge is 0.427 e. The summed E-state index contributed by atoms with van der Waals surface area (Å²) in [7, 11) is 0. The van der Waals surface area contributed by atoms with Crippen LogP contribution in [0.2, 0.25) is 0 Å². The highest BCUT2D eigenvalue weighted by atomic mass is 32.1. The monoisotopic (exact) mass is 288 g/mol. The van der Waals surface area contributed by atoms with Crippen molar-refractivity contribution in [3.05, 3.63) is 47.0 Å². The van der Waals surface area contributed by atoms with E-state index < -0.39 is 17.1 Å². The highest BCUT2D eigenvalue weighted by Crippen LogP contribution is 2.35. The van der Waals surface area contributed by atoms with Crippen LogP contribution in [-0.2, 0) is 6.18 Å². The van der Waals surface area contributed by atoms with Gasteiger partial charge in [-0.1, -0.05) is 41.7 Å². The molecule has 0 fully saturated rings. The first-order chi connectivity index (χ1) is 9.00. The van der Waals surface area contributed by atoms with Crippen molar-refractivity contribution in [2.45, 2.75) is 12.2 Å². The van der Waals surface area contributed by atoms with Gasteiger partial charge in [0, 0.05) is 0 Å². The molecule has 0 saturated carbocycles. The number of alkyl halides is 3. The zero-order chi connectivity index (χ0) is 13.9. The van der Waals surface area contributed by atoms with Gasteiger partial charge in [0.25, 0.3) is 0 Å². The summed E-state index contributed by atoms with van der Waals surface area (Å²) in [5.74, 6) is 0. The Hall–Kier alpha value is -1.60. The van der Waals surface area contributed by atoms with E-state index in [1.54, 1.807) is 24.3 Å². The topological polar surface area (TPSA) is 45.1 Å². The Bertz CT molecular complexity index is 527. The minimum absolute atomic E-state index is 0.134. The van der Waals surface area contributed by atoms with E-state index in [9.17, 15) is 18.3 Å². The predicted octanol–water partition coefficient (Wildman–Crippen LogP) is 3.31. The first-order valence-corrected chi connectivity index (χ1v) is 6.27. The summed E-state index contributed by atoms with van der Waals surface area (Å²) in [6, 6.07) is 8.50. The molecule has 1 heterocycles. The summed E-state index contributed by atoms with van der Waals surface area (Å²) >= 11 is 0.520. The Morgan fingerprint density at radius 3 is 2.47 bits per heavy atom. The standard InChI is InChI=1S/C12H11F3N2OS/c13-12(14,15)10-6-16-11(19-10)17-9(7-18)8-4-2-1-3-5-8/h1-6,9,18H,7H2,(H,16,17). The second-order valence-corrected chi connectivity index (χ2v) is 4.85. The molecular weight excluding hydrogens is 277 g/mol. The fourth-order valence-electron chi connectivity index (χ4n) is 1.54. The molecule has 1 aromatic carbocycles. The van der Waals surface area contributed by atoms with Gasteiger partial charge in [0.05, 0.1) is 18.8 Å². The SMILES string of the molecule is OCC(Nc1ncc(C(F)(F)F)s1)c1ccccc1. The number of nitrogens with one attached hydrogen (secondary N) is 1. The average Bonchev–Trinajstić information content (AvgIpc) is 2.85. The van der Waals surface area contributed by atoms with Gasteiger partial charge < -0.3 is 10.4 Å². The van der Waals surface area contributed by atoms with Crippen LogP contribution in [0.25, 0.3) is 0 Å². The number of rotatable bonds is 4. The van der Waals surface area contributed by atoms with Crippen molar-refractivity contribution in [2.75, 3.05) is 11.9 Å². The molecule has 0 aliphatic heterocycles. The van der Waals surface area contributed by atoms with E-state index in [0.717, 1.165) is 11.8 Å². The van der Waals surface area contributed by atoms with Gasteiger partial charge in [-0.25, -0.2) is 4.98 Å². The molecule has 3 nitrogen and oxygen atoms in total. The van der Waals surface area contributed by atoms with Crippen molar-refractivity contribution in [1.82, 2.24) is 4.98 Å². The molecule has 0 spiro atoms. The number of hydrogen-bond donors (Lipinski definition) is 2. The van der Waals surface area contributed by atoms with Gasteiger partial charge >= 0.3 is 6.18 Å². The number of anilines is 1. The Morgan fingerprint density at radius 1 is 1.26 bits per heavy atom. The summed E-state index contributed by atoms with van der Waals surface area (Å²) < 4.78 is 37.3. The molecule has 0 aliphatic carbocycles. The predicted molar refractivity (Wildman–Crippen MR) is 67.0 cm³/mol. The van der Waals surface area contributed by atoms with E-state index in [-0.39, 0.29) is 11.7 Å². The summed E-state index contributed by atoms with van der Waals surface area (Å²) in [5.41, 5.74) is 0.786. The van der Waals surface area contributed by atoms with Crippen LogP contribution in [-0.4, -0.2) is 16.7 Å². The number of nitrogens with zero attached hydrogens (tertiary/aromatic N) is 1. The second-order valence-electron chi connectivity index (χ2n) is 3.82. The van der Waals surface area contributed by atoms with Crippen molar-refractivity contribution in [1.29, 1.82) is 0 Å². The second kappa shape index (κ2) is 5.58. The molecule has 1 aromatic heterocycles. The molecule has 0 amide bonds. The van der Waals surface area contributed by atoms with Crippen LogP contribution >= 0.6 is 11.3 Å². The van der Waals surface area contributed by atoms with Crippen molar-refractivity contribution >= 4 is 16.5 Å². The van der Waals surface area contributed by atoms with E-state index in [1.807, 2.05) is 6.07 Å². The molecule has 102 valence electrons. The molecule has 1 atom stereocenters. The summed E-state index contributed by atoms with van der Waals surface area (Å²) in [4.78, 5) is 2.91. The minimum atomic E-state index is -4.39. The average molecular weight is 288 g/mol. The molecule has 7 heteroatoms. The fourth-order valence-corrected chi connectivity index (χ4v) is 2.28. The summed E-state index contributed by atoms with van der Waals surface area (Å²) in [6.45, 7) is -0.231. The van der Waals surface area contributed by atoms with Crippen LogP contribution < -0.4 is 5.32 Å². The number of halogens is 3. The van der Waals surface area contributed by atoms with Gasteiger partial charge in [-0.15, -0.1) is 0 Å². The lowest BCUT2D eigenvalue weighted by molar-refractivity contribution is -0.134. The zero-order valence-corrected chi connectivity index (χ0v) is 10.5. The van der Waals surface area contributed by atoms with Crippen molar-refractivity contribution < 1.29 is 18.3 Å². The highest BCUT2D eigenvalue weighted by Gasteiger charge is 2.33. The maximum absolute atomic E-state index is 12.4. The number of benzene rings is 1. The van der Waals surface area contributed by atoms with E-state index in [0.29, 0.717) is 11.3 Å². The van der Waals surface area contributed by atoms with Crippen molar-refractivity contribution in [3.8, 4) is 0 Å². The summed E-state index contributed by atoms with van der Waals surface area (Å²) in [6.07, 6.45) is -3.61. The lowest BCUT2D eigenvalue weighted by atomic mass is 10.1. The molecule has 2 N–H and O–H groups in total. The molecule has 0 aliphatic rings. The van der Waals surface area contributed by atoms with E-state index >= 15 is 0 Å². The third-order valence-electron chi connectivity index (χ3n) is 2.47. The van der Waals surface area contributed by atoms with Crippen molar-refractivity contribution in [2.24, 2.45) is 0 Å². The number of thiazole rings is 1. The smallest absolute Gasteiger partial charge is 0.394 e. The molecule has 0 radical (unpaired) electrons. The maximum atomic E-state index is 12.4. The minimum Gasteiger partial charge on any atom is -0.394 e. The fraction of sp³-hybridized carbons (Fsp3) is 0.250. The van der Waals surface area contributed by atoms with Crippen molar-refractivity contribution in [3.63, 3.8) is 0 Å². The van der Waals surface area contributed by atoms with E-state index in [1.165, 1.54) is 0 Å². The Labute approximate surface area is 111 Å². The van der Waals surface area contributed by atoms with Gasteiger partial charge in [-0.3, -0.25) is 0 Å². The third-order valence-corrected chi connectivity index (χ3v) is 3.44. The van der Waals surface area contributed by atoms with E-state index in [2.05, 4.69) is 10.3 Å².